The third kappa shape index (κ3) is 3.07. The summed E-state index contributed by atoms with van der Waals surface area (Å²) in [7, 11) is 0. The number of hydrogen-bond donors (Lipinski definition) is 1. The molecule has 2 rings (SSSR count). The molecule has 96 valence electrons. The summed E-state index contributed by atoms with van der Waals surface area (Å²) >= 11 is 3.33. The van der Waals surface area contributed by atoms with Gasteiger partial charge in [-0.05, 0) is 58.2 Å². The van der Waals surface area contributed by atoms with Gasteiger partial charge in [-0.2, -0.15) is 5.26 Å². The van der Waals surface area contributed by atoms with Crippen LogP contribution in [0.1, 0.15) is 18.1 Å². The van der Waals surface area contributed by atoms with Gasteiger partial charge < -0.3 is 10.5 Å². The van der Waals surface area contributed by atoms with Crippen molar-refractivity contribution in [3.63, 3.8) is 0 Å². The van der Waals surface area contributed by atoms with Crippen LogP contribution in [0.15, 0.2) is 40.9 Å². The second kappa shape index (κ2) is 5.77. The molecular weight excluding hydrogens is 304 g/mol. The van der Waals surface area contributed by atoms with E-state index in [-0.39, 0.29) is 0 Å². The molecule has 2 N–H and O–H groups in total. The quantitative estimate of drug-likeness (QED) is 0.861. The van der Waals surface area contributed by atoms with Crippen LogP contribution in [0.25, 0.3) is 0 Å². The second-order valence-corrected chi connectivity index (χ2v) is 4.94. The van der Waals surface area contributed by atoms with Gasteiger partial charge in [-0.3, -0.25) is 0 Å². The number of anilines is 1. The molecule has 0 unspecified atom stereocenters. The van der Waals surface area contributed by atoms with Crippen LogP contribution in [-0.2, 0) is 6.42 Å². The third-order valence-corrected chi connectivity index (χ3v) is 3.43. The average molecular weight is 317 g/mol. The normalized spacial score (nSPS) is 9.95. The molecule has 19 heavy (non-hydrogen) atoms. The SMILES string of the molecule is CCc1ccc(Oc2ccc(C#N)c(Br)c2)c(N)c1. The third-order valence-electron chi connectivity index (χ3n) is 2.77. The van der Waals surface area contributed by atoms with Crippen LogP contribution in [0.5, 0.6) is 11.5 Å². The molecule has 0 aromatic heterocycles. The van der Waals surface area contributed by atoms with Crippen molar-refractivity contribution < 1.29 is 4.74 Å². The molecule has 0 heterocycles. The van der Waals surface area contributed by atoms with E-state index < -0.39 is 0 Å². The molecule has 0 spiro atoms. The highest BCUT2D eigenvalue weighted by Gasteiger charge is 2.05. The van der Waals surface area contributed by atoms with Crippen molar-refractivity contribution in [3.05, 3.63) is 52.0 Å². The number of benzene rings is 2. The zero-order valence-corrected chi connectivity index (χ0v) is 12.1. The highest BCUT2D eigenvalue weighted by molar-refractivity contribution is 9.10. The van der Waals surface area contributed by atoms with Crippen LogP contribution >= 0.6 is 15.9 Å². The largest absolute Gasteiger partial charge is 0.455 e. The lowest BCUT2D eigenvalue weighted by Crippen LogP contribution is -1.94. The summed E-state index contributed by atoms with van der Waals surface area (Å²) in [5.74, 6) is 1.26. The van der Waals surface area contributed by atoms with E-state index in [1.807, 2.05) is 18.2 Å². The van der Waals surface area contributed by atoms with Crippen LogP contribution in [0, 0.1) is 11.3 Å². The van der Waals surface area contributed by atoms with Crippen LogP contribution in [-0.4, -0.2) is 0 Å². The standard InChI is InChI=1S/C15H13BrN2O/c1-2-10-3-6-15(14(18)7-10)19-12-5-4-11(9-17)13(16)8-12/h3-8H,2,18H2,1H3. The van der Waals surface area contributed by atoms with Crippen molar-refractivity contribution >= 4 is 21.6 Å². The Kier molecular flexibility index (Phi) is 4.08. The first-order valence-electron chi connectivity index (χ1n) is 5.90. The molecule has 0 atom stereocenters. The number of nitrogen functional groups attached to an aromatic ring is 1. The topological polar surface area (TPSA) is 59.0 Å². The number of nitrogens with zero attached hydrogens (tertiary/aromatic N) is 1. The molecule has 0 radical (unpaired) electrons. The molecule has 0 saturated heterocycles. The van der Waals surface area contributed by atoms with Gasteiger partial charge in [0.15, 0.2) is 0 Å². The summed E-state index contributed by atoms with van der Waals surface area (Å²) in [5.41, 5.74) is 8.30. The van der Waals surface area contributed by atoms with Crippen molar-refractivity contribution in [1.82, 2.24) is 0 Å². The molecule has 0 aliphatic carbocycles. The van der Waals surface area contributed by atoms with Gasteiger partial charge >= 0.3 is 0 Å². The van der Waals surface area contributed by atoms with Gasteiger partial charge in [0.25, 0.3) is 0 Å². The summed E-state index contributed by atoms with van der Waals surface area (Å²) in [4.78, 5) is 0. The Balaban J connectivity index is 2.26. The Hall–Kier alpha value is -1.99. The summed E-state index contributed by atoms with van der Waals surface area (Å²) < 4.78 is 6.43. The lowest BCUT2D eigenvalue weighted by atomic mass is 10.1. The van der Waals surface area contributed by atoms with Crippen LogP contribution in [0.3, 0.4) is 0 Å². The number of rotatable bonds is 3. The van der Waals surface area contributed by atoms with Crippen LogP contribution < -0.4 is 10.5 Å². The van der Waals surface area contributed by atoms with Crippen molar-refractivity contribution in [3.8, 4) is 17.6 Å². The fourth-order valence-electron chi connectivity index (χ4n) is 1.69. The smallest absolute Gasteiger partial charge is 0.150 e. The Morgan fingerprint density at radius 2 is 2.05 bits per heavy atom. The van der Waals surface area contributed by atoms with Crippen molar-refractivity contribution in [1.29, 1.82) is 5.26 Å². The maximum absolute atomic E-state index is 8.86. The van der Waals surface area contributed by atoms with E-state index in [2.05, 4.69) is 28.9 Å². The fourth-order valence-corrected chi connectivity index (χ4v) is 2.13. The molecule has 0 amide bonds. The number of nitrogens with two attached hydrogens (primary N) is 1. The minimum atomic E-state index is 0.571. The molecule has 4 heteroatoms. The molecule has 0 saturated carbocycles. The summed E-state index contributed by atoms with van der Waals surface area (Å²) in [6, 6.07) is 13.1. The molecule has 0 aliphatic rings. The average Bonchev–Trinajstić information content (AvgIpc) is 2.41. The van der Waals surface area contributed by atoms with Crippen molar-refractivity contribution in [2.24, 2.45) is 0 Å². The van der Waals surface area contributed by atoms with E-state index >= 15 is 0 Å². The Morgan fingerprint density at radius 1 is 1.26 bits per heavy atom. The number of ether oxygens (including phenoxy) is 1. The van der Waals surface area contributed by atoms with E-state index in [0.717, 1.165) is 6.42 Å². The van der Waals surface area contributed by atoms with Gasteiger partial charge in [-0.25, -0.2) is 0 Å². The lowest BCUT2D eigenvalue weighted by molar-refractivity contribution is 0.484. The zero-order valence-electron chi connectivity index (χ0n) is 10.5. The molecule has 2 aromatic carbocycles. The predicted molar refractivity (Wildman–Crippen MR) is 79.2 cm³/mol. The van der Waals surface area contributed by atoms with E-state index in [0.29, 0.717) is 27.2 Å². The molecular formula is C15H13BrN2O. The Bertz CT molecular complexity index is 647. The van der Waals surface area contributed by atoms with Gasteiger partial charge in [0.2, 0.25) is 0 Å². The maximum atomic E-state index is 8.86. The summed E-state index contributed by atoms with van der Waals surface area (Å²) in [6.45, 7) is 2.08. The van der Waals surface area contributed by atoms with Crippen LogP contribution in [0.4, 0.5) is 5.69 Å². The Morgan fingerprint density at radius 3 is 2.63 bits per heavy atom. The first-order chi connectivity index (χ1) is 9.13. The van der Waals surface area contributed by atoms with Gasteiger partial charge in [-0.15, -0.1) is 0 Å². The zero-order chi connectivity index (χ0) is 13.8. The van der Waals surface area contributed by atoms with Crippen LogP contribution in [0.2, 0.25) is 0 Å². The number of hydrogen-bond acceptors (Lipinski definition) is 3. The summed E-state index contributed by atoms with van der Waals surface area (Å²) in [6.07, 6.45) is 0.937. The van der Waals surface area contributed by atoms with Gasteiger partial charge in [0.1, 0.15) is 17.6 Å². The highest BCUT2D eigenvalue weighted by Crippen LogP contribution is 2.30. The van der Waals surface area contributed by atoms with Gasteiger partial charge in [0.05, 0.1) is 11.3 Å². The molecule has 2 aromatic rings. The summed E-state index contributed by atoms with van der Waals surface area (Å²) in [5, 5.41) is 8.86. The molecule has 3 nitrogen and oxygen atoms in total. The first kappa shape index (κ1) is 13.4. The lowest BCUT2D eigenvalue weighted by Gasteiger charge is -2.10. The highest BCUT2D eigenvalue weighted by atomic mass is 79.9. The fraction of sp³-hybridized carbons (Fsp3) is 0.133. The maximum Gasteiger partial charge on any atom is 0.150 e. The second-order valence-electron chi connectivity index (χ2n) is 4.08. The Labute approximate surface area is 120 Å². The molecule has 0 bridgehead atoms. The number of halogens is 1. The number of aryl methyl sites for hydroxylation is 1. The minimum Gasteiger partial charge on any atom is -0.455 e. The number of nitriles is 1. The first-order valence-corrected chi connectivity index (χ1v) is 6.69. The van der Waals surface area contributed by atoms with E-state index in [4.69, 9.17) is 15.7 Å². The van der Waals surface area contributed by atoms with Gasteiger partial charge in [-0.1, -0.05) is 13.0 Å². The van der Waals surface area contributed by atoms with E-state index in [1.54, 1.807) is 18.2 Å². The van der Waals surface area contributed by atoms with Crippen molar-refractivity contribution in [2.45, 2.75) is 13.3 Å². The van der Waals surface area contributed by atoms with E-state index in [1.165, 1.54) is 5.56 Å². The predicted octanol–water partition coefficient (Wildman–Crippen LogP) is 4.26. The minimum absolute atomic E-state index is 0.571. The molecule has 0 fully saturated rings. The molecule has 0 aliphatic heterocycles. The van der Waals surface area contributed by atoms with Gasteiger partial charge in [0, 0.05) is 4.47 Å². The van der Waals surface area contributed by atoms with Crippen molar-refractivity contribution in [2.75, 3.05) is 5.73 Å². The van der Waals surface area contributed by atoms with E-state index in [9.17, 15) is 0 Å². The monoisotopic (exact) mass is 316 g/mol.